The molecular formula is C19H22N2O2. The number of aromatic hydroxyl groups is 1. The van der Waals surface area contributed by atoms with Crippen LogP contribution in [-0.4, -0.2) is 24.1 Å². The smallest absolute Gasteiger partial charge is 0.224 e. The number of anilines is 2. The van der Waals surface area contributed by atoms with Gasteiger partial charge >= 0.3 is 0 Å². The Morgan fingerprint density at radius 2 is 1.74 bits per heavy atom. The van der Waals surface area contributed by atoms with Crippen molar-refractivity contribution in [3.05, 3.63) is 54.1 Å². The first kappa shape index (κ1) is 15.4. The molecule has 0 aliphatic carbocycles. The van der Waals surface area contributed by atoms with E-state index in [4.69, 9.17) is 0 Å². The van der Waals surface area contributed by atoms with E-state index in [2.05, 4.69) is 22.3 Å². The molecule has 1 aliphatic rings. The van der Waals surface area contributed by atoms with Crippen LogP contribution in [-0.2, 0) is 11.2 Å². The highest BCUT2D eigenvalue weighted by Gasteiger charge is 2.12. The van der Waals surface area contributed by atoms with Gasteiger partial charge in [0.1, 0.15) is 5.75 Å². The number of nitrogens with zero attached hydrogens (tertiary/aromatic N) is 1. The summed E-state index contributed by atoms with van der Waals surface area (Å²) in [7, 11) is 0. The van der Waals surface area contributed by atoms with Gasteiger partial charge in [-0.2, -0.15) is 0 Å². The summed E-state index contributed by atoms with van der Waals surface area (Å²) in [6, 6.07) is 15.1. The highest BCUT2D eigenvalue weighted by atomic mass is 16.3. The van der Waals surface area contributed by atoms with Crippen molar-refractivity contribution in [1.29, 1.82) is 0 Å². The lowest BCUT2D eigenvalue weighted by atomic mass is 10.1. The van der Waals surface area contributed by atoms with Crippen LogP contribution in [0.4, 0.5) is 11.4 Å². The number of hydrogen-bond donors (Lipinski definition) is 2. The SMILES string of the molecule is O=C(CCc1ccccc1O)Nc1ccc(N2CCCC2)cc1. The summed E-state index contributed by atoms with van der Waals surface area (Å²) in [5, 5.41) is 12.6. The summed E-state index contributed by atoms with van der Waals surface area (Å²) >= 11 is 0. The average molecular weight is 310 g/mol. The van der Waals surface area contributed by atoms with Crippen LogP contribution in [0.3, 0.4) is 0 Å². The van der Waals surface area contributed by atoms with E-state index in [1.807, 2.05) is 24.3 Å². The largest absolute Gasteiger partial charge is 0.508 e. The number of benzene rings is 2. The van der Waals surface area contributed by atoms with Crippen LogP contribution in [0, 0.1) is 0 Å². The number of carbonyl (C=O) groups is 1. The quantitative estimate of drug-likeness (QED) is 0.888. The molecule has 1 aliphatic heterocycles. The predicted molar refractivity (Wildman–Crippen MR) is 92.9 cm³/mol. The summed E-state index contributed by atoms with van der Waals surface area (Å²) < 4.78 is 0. The second-order valence-electron chi connectivity index (χ2n) is 5.92. The minimum Gasteiger partial charge on any atom is -0.508 e. The van der Waals surface area contributed by atoms with E-state index in [1.54, 1.807) is 12.1 Å². The monoisotopic (exact) mass is 310 g/mol. The number of hydrogen-bond acceptors (Lipinski definition) is 3. The van der Waals surface area contributed by atoms with Crippen molar-refractivity contribution < 1.29 is 9.90 Å². The molecule has 1 fully saturated rings. The molecule has 3 rings (SSSR count). The van der Waals surface area contributed by atoms with Gasteiger partial charge in [0.2, 0.25) is 5.91 Å². The van der Waals surface area contributed by atoms with E-state index in [-0.39, 0.29) is 11.7 Å². The van der Waals surface area contributed by atoms with Gasteiger partial charge in [-0.3, -0.25) is 4.79 Å². The molecule has 2 aromatic rings. The Kier molecular flexibility index (Phi) is 4.81. The molecule has 1 saturated heterocycles. The Bertz CT molecular complexity index is 661. The molecule has 0 radical (unpaired) electrons. The molecule has 0 saturated carbocycles. The van der Waals surface area contributed by atoms with Gasteiger partial charge < -0.3 is 15.3 Å². The zero-order chi connectivity index (χ0) is 16.1. The third kappa shape index (κ3) is 4.03. The number of rotatable bonds is 5. The maximum Gasteiger partial charge on any atom is 0.224 e. The number of nitrogens with one attached hydrogen (secondary N) is 1. The fraction of sp³-hybridized carbons (Fsp3) is 0.316. The summed E-state index contributed by atoms with van der Waals surface area (Å²) in [5.41, 5.74) is 2.83. The maximum atomic E-state index is 12.0. The van der Waals surface area contributed by atoms with Gasteiger partial charge in [-0.25, -0.2) is 0 Å². The normalized spacial score (nSPS) is 14.0. The fourth-order valence-corrected chi connectivity index (χ4v) is 2.92. The van der Waals surface area contributed by atoms with Crippen LogP contribution in [0.5, 0.6) is 5.75 Å². The van der Waals surface area contributed by atoms with Crippen LogP contribution in [0.2, 0.25) is 0 Å². The van der Waals surface area contributed by atoms with Crippen molar-refractivity contribution in [3.63, 3.8) is 0 Å². The lowest BCUT2D eigenvalue weighted by Gasteiger charge is -2.17. The lowest BCUT2D eigenvalue weighted by Crippen LogP contribution is -2.17. The highest BCUT2D eigenvalue weighted by molar-refractivity contribution is 5.91. The zero-order valence-electron chi connectivity index (χ0n) is 13.2. The van der Waals surface area contributed by atoms with Crippen molar-refractivity contribution in [3.8, 4) is 5.75 Å². The first-order valence-corrected chi connectivity index (χ1v) is 8.14. The third-order valence-electron chi connectivity index (χ3n) is 4.24. The minimum absolute atomic E-state index is 0.0397. The molecule has 120 valence electrons. The van der Waals surface area contributed by atoms with Gasteiger partial charge in [-0.1, -0.05) is 18.2 Å². The van der Waals surface area contributed by atoms with Crippen molar-refractivity contribution in [2.75, 3.05) is 23.3 Å². The van der Waals surface area contributed by atoms with Crippen molar-refractivity contribution in [2.45, 2.75) is 25.7 Å². The summed E-state index contributed by atoms with van der Waals surface area (Å²) in [6.45, 7) is 2.23. The van der Waals surface area contributed by atoms with E-state index in [0.717, 1.165) is 24.3 Å². The number of phenolic OH excluding ortho intramolecular Hbond substituents is 1. The lowest BCUT2D eigenvalue weighted by molar-refractivity contribution is -0.116. The average Bonchev–Trinajstić information content (AvgIpc) is 3.09. The van der Waals surface area contributed by atoms with Crippen molar-refractivity contribution in [1.82, 2.24) is 0 Å². The molecule has 2 N–H and O–H groups in total. The maximum absolute atomic E-state index is 12.0. The minimum atomic E-state index is -0.0397. The summed E-state index contributed by atoms with van der Waals surface area (Å²) in [5.74, 6) is 0.206. The molecule has 0 bridgehead atoms. The van der Waals surface area contributed by atoms with E-state index < -0.39 is 0 Å². The zero-order valence-corrected chi connectivity index (χ0v) is 13.2. The van der Waals surface area contributed by atoms with E-state index in [0.29, 0.717) is 12.8 Å². The Hall–Kier alpha value is -2.49. The number of para-hydroxylation sites is 1. The Labute approximate surface area is 136 Å². The van der Waals surface area contributed by atoms with Crippen molar-refractivity contribution in [2.24, 2.45) is 0 Å². The van der Waals surface area contributed by atoms with Gasteiger partial charge in [-0.05, 0) is 55.2 Å². The van der Waals surface area contributed by atoms with E-state index in [1.165, 1.54) is 18.5 Å². The highest BCUT2D eigenvalue weighted by Crippen LogP contribution is 2.22. The van der Waals surface area contributed by atoms with E-state index in [9.17, 15) is 9.90 Å². The van der Waals surface area contributed by atoms with Crippen LogP contribution in [0.25, 0.3) is 0 Å². The molecule has 0 atom stereocenters. The number of aryl methyl sites for hydroxylation is 1. The summed E-state index contributed by atoms with van der Waals surface area (Å²) in [4.78, 5) is 14.4. The molecular weight excluding hydrogens is 288 g/mol. The molecule has 0 aromatic heterocycles. The fourth-order valence-electron chi connectivity index (χ4n) is 2.92. The van der Waals surface area contributed by atoms with Crippen LogP contribution in [0.15, 0.2) is 48.5 Å². The van der Waals surface area contributed by atoms with Gasteiger partial charge in [-0.15, -0.1) is 0 Å². The molecule has 4 heteroatoms. The predicted octanol–water partition coefficient (Wildman–Crippen LogP) is 3.56. The van der Waals surface area contributed by atoms with Gasteiger partial charge in [0.25, 0.3) is 0 Å². The second-order valence-corrected chi connectivity index (χ2v) is 5.92. The Morgan fingerprint density at radius 1 is 1.04 bits per heavy atom. The first-order valence-electron chi connectivity index (χ1n) is 8.14. The van der Waals surface area contributed by atoms with Gasteiger partial charge in [0.05, 0.1) is 0 Å². The number of phenols is 1. The second kappa shape index (κ2) is 7.18. The standard InChI is InChI=1S/C19H22N2O2/c22-18-6-2-1-5-15(18)7-12-19(23)20-16-8-10-17(11-9-16)21-13-3-4-14-21/h1-2,5-6,8-11,22H,3-4,7,12-14H2,(H,20,23). The topological polar surface area (TPSA) is 52.6 Å². The van der Waals surface area contributed by atoms with Crippen molar-refractivity contribution >= 4 is 17.3 Å². The van der Waals surface area contributed by atoms with Crippen LogP contribution < -0.4 is 10.2 Å². The molecule has 1 heterocycles. The summed E-state index contributed by atoms with van der Waals surface area (Å²) in [6.07, 6.45) is 3.39. The van der Waals surface area contributed by atoms with Gasteiger partial charge in [0.15, 0.2) is 0 Å². The number of amides is 1. The van der Waals surface area contributed by atoms with Crippen LogP contribution in [0.1, 0.15) is 24.8 Å². The van der Waals surface area contributed by atoms with Crippen LogP contribution >= 0.6 is 0 Å². The molecule has 2 aromatic carbocycles. The Morgan fingerprint density at radius 3 is 2.43 bits per heavy atom. The molecule has 4 nitrogen and oxygen atoms in total. The molecule has 0 spiro atoms. The Balaban J connectivity index is 1.52. The molecule has 23 heavy (non-hydrogen) atoms. The molecule has 1 amide bonds. The third-order valence-corrected chi connectivity index (χ3v) is 4.24. The van der Waals surface area contributed by atoms with E-state index >= 15 is 0 Å². The number of carbonyl (C=O) groups excluding carboxylic acids is 1. The van der Waals surface area contributed by atoms with Gasteiger partial charge in [0, 0.05) is 30.9 Å². The molecule has 0 unspecified atom stereocenters. The first-order chi connectivity index (χ1) is 11.2.